The smallest absolute Gasteiger partial charge is 0.226 e. The van der Waals surface area contributed by atoms with Crippen LogP contribution in [-0.2, 0) is 4.79 Å². The van der Waals surface area contributed by atoms with E-state index in [0.29, 0.717) is 35.6 Å². The molecular formula is C17H24N4OS. The number of fused-ring (bicyclic) bond motifs is 1. The van der Waals surface area contributed by atoms with E-state index in [0.717, 1.165) is 36.5 Å². The van der Waals surface area contributed by atoms with Crippen LogP contribution in [-0.4, -0.2) is 38.7 Å². The lowest BCUT2D eigenvalue weighted by molar-refractivity contribution is -0.134. The minimum Gasteiger partial charge on any atom is -0.342 e. The van der Waals surface area contributed by atoms with Crippen LogP contribution in [0.4, 0.5) is 0 Å². The number of aromatic amines is 1. The number of hydrogen-bond donors (Lipinski definition) is 1. The van der Waals surface area contributed by atoms with Gasteiger partial charge in [0.05, 0.1) is 0 Å². The van der Waals surface area contributed by atoms with Gasteiger partial charge in [0.1, 0.15) is 5.82 Å². The van der Waals surface area contributed by atoms with Gasteiger partial charge in [0, 0.05) is 31.0 Å². The second-order valence-electron chi connectivity index (χ2n) is 7.90. The van der Waals surface area contributed by atoms with Crippen molar-refractivity contribution in [2.75, 3.05) is 13.1 Å². The Bertz CT molecular complexity index is 681. The molecule has 3 aliphatic carbocycles. The number of carbonyl (C=O) groups excluding carboxylic acids is 1. The predicted octanol–water partition coefficient (Wildman–Crippen LogP) is 3.03. The highest BCUT2D eigenvalue weighted by molar-refractivity contribution is 7.71. The molecular weight excluding hydrogens is 308 g/mol. The lowest BCUT2D eigenvalue weighted by Crippen LogP contribution is -2.41. The SMILES string of the molecule is O=C(C1[C@H]2CCC[C@@H]12)N1CCC[C@H](c2n[nH]c(=S)n2C2CC2)C1. The maximum Gasteiger partial charge on any atom is 0.226 e. The third-order valence-corrected chi connectivity index (χ3v) is 6.72. The second-order valence-corrected chi connectivity index (χ2v) is 8.28. The Balaban J connectivity index is 1.33. The topological polar surface area (TPSA) is 53.9 Å². The molecule has 5 rings (SSSR count). The highest BCUT2D eigenvalue weighted by atomic mass is 32.1. The van der Waals surface area contributed by atoms with Crippen LogP contribution in [0.15, 0.2) is 0 Å². The summed E-state index contributed by atoms with van der Waals surface area (Å²) in [6.07, 6.45) is 8.51. The predicted molar refractivity (Wildman–Crippen MR) is 88.6 cm³/mol. The van der Waals surface area contributed by atoms with E-state index < -0.39 is 0 Å². The van der Waals surface area contributed by atoms with Crippen molar-refractivity contribution >= 4 is 18.1 Å². The van der Waals surface area contributed by atoms with E-state index in [9.17, 15) is 4.79 Å². The van der Waals surface area contributed by atoms with E-state index >= 15 is 0 Å². The highest BCUT2D eigenvalue weighted by Crippen LogP contribution is 2.58. The van der Waals surface area contributed by atoms with Gasteiger partial charge < -0.3 is 9.47 Å². The minimum atomic E-state index is 0.347. The summed E-state index contributed by atoms with van der Waals surface area (Å²) in [5, 5.41) is 7.50. The molecule has 1 aromatic heterocycles. The van der Waals surface area contributed by atoms with Crippen molar-refractivity contribution in [1.82, 2.24) is 19.7 Å². The molecule has 1 saturated heterocycles. The Labute approximate surface area is 141 Å². The average Bonchev–Trinajstić information content (AvgIpc) is 3.45. The van der Waals surface area contributed by atoms with Crippen LogP contribution in [0.1, 0.15) is 62.7 Å². The fraction of sp³-hybridized carbons (Fsp3) is 0.824. The number of piperidine rings is 1. The van der Waals surface area contributed by atoms with E-state index in [1.165, 1.54) is 32.1 Å². The molecule has 1 aromatic rings. The fourth-order valence-corrected chi connectivity index (χ4v) is 5.37. The number of nitrogens with zero attached hydrogens (tertiary/aromatic N) is 3. The molecule has 3 saturated carbocycles. The number of hydrogen-bond acceptors (Lipinski definition) is 3. The maximum atomic E-state index is 12.9. The van der Waals surface area contributed by atoms with E-state index in [2.05, 4.69) is 19.7 Å². The molecule has 0 aromatic carbocycles. The van der Waals surface area contributed by atoms with Gasteiger partial charge in [0.15, 0.2) is 4.77 Å². The second kappa shape index (κ2) is 5.16. The van der Waals surface area contributed by atoms with E-state index in [1.807, 2.05) is 0 Å². The molecule has 4 aliphatic rings. The molecule has 1 aliphatic heterocycles. The van der Waals surface area contributed by atoms with Crippen LogP contribution in [0.25, 0.3) is 0 Å². The van der Waals surface area contributed by atoms with Gasteiger partial charge in [-0.2, -0.15) is 5.10 Å². The summed E-state index contributed by atoms with van der Waals surface area (Å²) in [6.45, 7) is 1.76. The lowest BCUT2D eigenvalue weighted by atomic mass is 9.96. The van der Waals surface area contributed by atoms with Gasteiger partial charge in [-0.15, -0.1) is 0 Å². The Morgan fingerprint density at radius 2 is 1.91 bits per heavy atom. The van der Waals surface area contributed by atoms with Crippen molar-refractivity contribution in [1.29, 1.82) is 0 Å². The van der Waals surface area contributed by atoms with Gasteiger partial charge in [-0.3, -0.25) is 9.89 Å². The molecule has 1 N–H and O–H groups in total. The Hall–Kier alpha value is -1.17. The van der Waals surface area contributed by atoms with Crippen molar-refractivity contribution < 1.29 is 4.79 Å². The summed E-state index contributed by atoms with van der Waals surface area (Å²) in [6, 6.07) is 0.546. The highest BCUT2D eigenvalue weighted by Gasteiger charge is 2.57. The molecule has 0 bridgehead atoms. The van der Waals surface area contributed by atoms with Gasteiger partial charge in [-0.1, -0.05) is 6.42 Å². The minimum absolute atomic E-state index is 0.347. The number of amides is 1. The van der Waals surface area contributed by atoms with Crippen LogP contribution < -0.4 is 0 Å². The molecule has 124 valence electrons. The maximum absolute atomic E-state index is 12.9. The molecule has 4 atom stereocenters. The summed E-state index contributed by atoms with van der Waals surface area (Å²) in [5.41, 5.74) is 0. The zero-order valence-corrected chi connectivity index (χ0v) is 14.2. The Morgan fingerprint density at radius 3 is 2.65 bits per heavy atom. The molecule has 23 heavy (non-hydrogen) atoms. The molecule has 1 unspecified atom stereocenters. The van der Waals surface area contributed by atoms with Crippen LogP contribution >= 0.6 is 12.2 Å². The molecule has 2 heterocycles. The van der Waals surface area contributed by atoms with Gasteiger partial charge >= 0.3 is 0 Å². The van der Waals surface area contributed by atoms with Crippen molar-refractivity contribution in [3.63, 3.8) is 0 Å². The summed E-state index contributed by atoms with van der Waals surface area (Å²) in [4.78, 5) is 15.0. The number of nitrogens with one attached hydrogen (secondary N) is 1. The van der Waals surface area contributed by atoms with E-state index in [1.54, 1.807) is 0 Å². The number of rotatable bonds is 3. The number of likely N-dealkylation sites (tertiary alicyclic amines) is 1. The first-order chi connectivity index (χ1) is 11.2. The largest absolute Gasteiger partial charge is 0.342 e. The van der Waals surface area contributed by atoms with Crippen molar-refractivity contribution in [2.45, 2.75) is 56.9 Å². The van der Waals surface area contributed by atoms with Gasteiger partial charge in [-0.05, 0) is 62.6 Å². The molecule has 0 radical (unpaired) electrons. The lowest BCUT2D eigenvalue weighted by Gasteiger charge is -2.33. The molecule has 0 spiro atoms. The Morgan fingerprint density at radius 1 is 1.13 bits per heavy atom. The van der Waals surface area contributed by atoms with Gasteiger partial charge in [0.2, 0.25) is 5.91 Å². The zero-order valence-electron chi connectivity index (χ0n) is 13.4. The molecule has 4 fully saturated rings. The van der Waals surface area contributed by atoms with Crippen LogP contribution in [0, 0.1) is 22.5 Å². The third kappa shape index (κ3) is 2.29. The van der Waals surface area contributed by atoms with E-state index in [4.69, 9.17) is 12.2 Å². The summed E-state index contributed by atoms with van der Waals surface area (Å²) in [5.74, 6) is 3.64. The van der Waals surface area contributed by atoms with Crippen molar-refractivity contribution in [2.24, 2.45) is 17.8 Å². The number of H-pyrrole nitrogens is 1. The summed E-state index contributed by atoms with van der Waals surface area (Å²) < 4.78 is 2.97. The number of carbonyl (C=O) groups is 1. The van der Waals surface area contributed by atoms with E-state index in [-0.39, 0.29) is 0 Å². The number of aromatic nitrogens is 3. The first-order valence-corrected chi connectivity index (χ1v) is 9.60. The average molecular weight is 332 g/mol. The van der Waals surface area contributed by atoms with Gasteiger partial charge in [-0.25, -0.2) is 0 Å². The Kier molecular flexibility index (Phi) is 3.19. The van der Waals surface area contributed by atoms with Gasteiger partial charge in [0.25, 0.3) is 0 Å². The molecule has 1 amide bonds. The quantitative estimate of drug-likeness (QED) is 0.866. The zero-order chi connectivity index (χ0) is 15.6. The summed E-state index contributed by atoms with van der Waals surface area (Å²) in [7, 11) is 0. The third-order valence-electron chi connectivity index (χ3n) is 6.43. The first kappa shape index (κ1) is 14.2. The summed E-state index contributed by atoms with van der Waals surface area (Å²) >= 11 is 5.41. The van der Waals surface area contributed by atoms with Crippen molar-refractivity contribution in [3.8, 4) is 0 Å². The molecule has 5 nitrogen and oxygen atoms in total. The van der Waals surface area contributed by atoms with Crippen LogP contribution in [0.3, 0.4) is 0 Å². The monoisotopic (exact) mass is 332 g/mol. The fourth-order valence-electron chi connectivity index (χ4n) is 5.08. The van der Waals surface area contributed by atoms with Crippen molar-refractivity contribution in [3.05, 3.63) is 10.6 Å². The molecule has 6 heteroatoms. The van der Waals surface area contributed by atoms with Crippen LogP contribution in [0.5, 0.6) is 0 Å². The standard InChI is InChI=1S/C17H24N4OS/c22-16(14-12-4-1-5-13(12)14)20-8-2-3-10(9-20)15-18-19-17(23)21(15)11-6-7-11/h10-14H,1-9H2,(H,19,23)/t10-,12-,13+,14?/m0/s1. The van der Waals surface area contributed by atoms with Crippen LogP contribution in [0.2, 0.25) is 0 Å². The normalized spacial score (nSPS) is 36.1. The first-order valence-electron chi connectivity index (χ1n) is 9.19.